The predicted molar refractivity (Wildman–Crippen MR) is 51.7 cm³/mol. The molecule has 4 heteroatoms. The molecule has 0 saturated carbocycles. The number of unbranched alkanes of at least 4 members (excludes halogenated alkanes) is 1. The lowest BCUT2D eigenvalue weighted by molar-refractivity contribution is -0.152. The van der Waals surface area contributed by atoms with Crippen LogP contribution in [-0.4, -0.2) is 25.2 Å². The topological polar surface area (TPSA) is 52.6 Å². The van der Waals surface area contributed by atoms with Crippen LogP contribution in [0.1, 0.15) is 39.5 Å². The average Bonchev–Trinajstić information content (AvgIpc) is 2.21. The summed E-state index contributed by atoms with van der Waals surface area (Å²) in [5, 5.41) is 0. The molecule has 82 valence electrons. The fourth-order valence-electron chi connectivity index (χ4n) is 0.806. The molecule has 0 rings (SSSR count). The Balaban J connectivity index is 3.27. The molecule has 0 spiro atoms. The van der Waals surface area contributed by atoms with Gasteiger partial charge in [-0.05, 0) is 6.42 Å². The van der Waals surface area contributed by atoms with Crippen LogP contribution in [0.2, 0.25) is 0 Å². The van der Waals surface area contributed by atoms with Gasteiger partial charge in [-0.25, -0.2) is 0 Å². The van der Waals surface area contributed by atoms with Gasteiger partial charge in [0.15, 0.2) is 0 Å². The Morgan fingerprint density at radius 2 is 1.57 bits per heavy atom. The first kappa shape index (κ1) is 12.9. The Kier molecular flexibility index (Phi) is 7.89. The van der Waals surface area contributed by atoms with Gasteiger partial charge in [-0.2, -0.15) is 0 Å². The number of hydrogen-bond donors (Lipinski definition) is 0. The zero-order valence-corrected chi connectivity index (χ0v) is 8.88. The molecule has 0 heterocycles. The number of ether oxygens (including phenoxy) is 2. The van der Waals surface area contributed by atoms with Crippen LogP contribution in [0, 0.1) is 0 Å². The largest absolute Gasteiger partial charge is 0.462 e. The van der Waals surface area contributed by atoms with E-state index in [-0.39, 0.29) is 25.2 Å². The lowest BCUT2D eigenvalue weighted by Gasteiger charge is -2.04. The second-order valence-electron chi connectivity index (χ2n) is 2.90. The third-order valence-electron chi connectivity index (χ3n) is 1.63. The lowest BCUT2D eigenvalue weighted by atomic mass is 10.2. The molecule has 0 aromatic heterocycles. The second-order valence-corrected chi connectivity index (χ2v) is 2.90. The molecule has 14 heavy (non-hydrogen) atoms. The normalized spacial score (nSPS) is 9.57. The summed E-state index contributed by atoms with van der Waals surface area (Å²) in [4.78, 5) is 21.6. The monoisotopic (exact) mass is 202 g/mol. The van der Waals surface area contributed by atoms with Gasteiger partial charge in [0, 0.05) is 12.8 Å². The number of esters is 2. The van der Waals surface area contributed by atoms with Gasteiger partial charge in [0.2, 0.25) is 0 Å². The summed E-state index contributed by atoms with van der Waals surface area (Å²) >= 11 is 0. The summed E-state index contributed by atoms with van der Waals surface area (Å²) in [6.07, 6.45) is 2.61. The molecule has 0 aliphatic heterocycles. The Hall–Kier alpha value is -1.06. The van der Waals surface area contributed by atoms with E-state index in [2.05, 4.69) is 0 Å². The molecule has 0 bridgehead atoms. The molecule has 0 fully saturated rings. The fraction of sp³-hybridized carbons (Fsp3) is 0.800. The number of carbonyl (C=O) groups excluding carboxylic acids is 2. The molecule has 0 aliphatic carbocycles. The molecular weight excluding hydrogens is 184 g/mol. The summed E-state index contributed by atoms with van der Waals surface area (Å²) in [7, 11) is 0. The van der Waals surface area contributed by atoms with Crippen LogP contribution < -0.4 is 0 Å². The quantitative estimate of drug-likeness (QED) is 0.465. The predicted octanol–water partition coefficient (Wildman–Crippen LogP) is 1.67. The van der Waals surface area contributed by atoms with Crippen molar-refractivity contribution >= 4 is 11.9 Å². The van der Waals surface area contributed by atoms with Gasteiger partial charge < -0.3 is 9.47 Å². The zero-order chi connectivity index (χ0) is 10.8. The van der Waals surface area contributed by atoms with Gasteiger partial charge in [-0.1, -0.05) is 20.3 Å². The SMILES string of the molecule is CCCCC(=O)OCCOC(=O)CC. The van der Waals surface area contributed by atoms with Crippen LogP contribution in [0.3, 0.4) is 0 Å². The van der Waals surface area contributed by atoms with E-state index in [1.807, 2.05) is 6.92 Å². The van der Waals surface area contributed by atoms with Crippen molar-refractivity contribution in [3.05, 3.63) is 0 Å². The second kappa shape index (κ2) is 8.53. The van der Waals surface area contributed by atoms with E-state index in [1.54, 1.807) is 6.92 Å². The highest BCUT2D eigenvalue weighted by Gasteiger charge is 2.02. The first-order valence-corrected chi connectivity index (χ1v) is 5.02. The third kappa shape index (κ3) is 7.58. The number of rotatable bonds is 7. The van der Waals surface area contributed by atoms with Crippen LogP contribution in [0.25, 0.3) is 0 Å². The number of carbonyl (C=O) groups is 2. The van der Waals surface area contributed by atoms with E-state index in [9.17, 15) is 9.59 Å². The molecule has 0 atom stereocenters. The van der Waals surface area contributed by atoms with Crippen molar-refractivity contribution in [1.29, 1.82) is 0 Å². The number of hydrogen-bond acceptors (Lipinski definition) is 4. The Morgan fingerprint density at radius 1 is 1.00 bits per heavy atom. The van der Waals surface area contributed by atoms with E-state index in [0.717, 1.165) is 12.8 Å². The third-order valence-corrected chi connectivity index (χ3v) is 1.63. The van der Waals surface area contributed by atoms with Crippen molar-refractivity contribution < 1.29 is 19.1 Å². The summed E-state index contributed by atoms with van der Waals surface area (Å²) in [6.45, 7) is 4.05. The summed E-state index contributed by atoms with van der Waals surface area (Å²) < 4.78 is 9.55. The molecule has 4 nitrogen and oxygen atoms in total. The van der Waals surface area contributed by atoms with E-state index in [1.165, 1.54) is 0 Å². The highest BCUT2D eigenvalue weighted by Crippen LogP contribution is 1.96. The minimum atomic E-state index is -0.269. The maximum Gasteiger partial charge on any atom is 0.305 e. The fourth-order valence-corrected chi connectivity index (χ4v) is 0.806. The molecule has 0 aliphatic rings. The smallest absolute Gasteiger partial charge is 0.305 e. The first-order chi connectivity index (χ1) is 6.70. The molecule has 0 aromatic carbocycles. The molecule has 0 amide bonds. The minimum Gasteiger partial charge on any atom is -0.462 e. The Labute approximate surface area is 84.6 Å². The van der Waals surface area contributed by atoms with Crippen LogP contribution in [0.15, 0.2) is 0 Å². The Morgan fingerprint density at radius 3 is 2.07 bits per heavy atom. The van der Waals surface area contributed by atoms with Gasteiger partial charge >= 0.3 is 11.9 Å². The van der Waals surface area contributed by atoms with Gasteiger partial charge in [-0.15, -0.1) is 0 Å². The summed E-state index contributed by atoms with van der Waals surface area (Å²) in [5.41, 5.74) is 0. The first-order valence-electron chi connectivity index (χ1n) is 5.02. The van der Waals surface area contributed by atoms with Crippen LogP contribution in [0.4, 0.5) is 0 Å². The summed E-state index contributed by atoms with van der Waals surface area (Å²) in [6, 6.07) is 0. The van der Waals surface area contributed by atoms with Crippen molar-refractivity contribution in [2.24, 2.45) is 0 Å². The Bertz CT molecular complexity index is 177. The highest BCUT2D eigenvalue weighted by atomic mass is 16.6. The van der Waals surface area contributed by atoms with Crippen LogP contribution in [0.5, 0.6) is 0 Å². The van der Waals surface area contributed by atoms with Crippen molar-refractivity contribution in [2.45, 2.75) is 39.5 Å². The molecule has 0 radical (unpaired) electrons. The van der Waals surface area contributed by atoms with Crippen molar-refractivity contribution in [1.82, 2.24) is 0 Å². The van der Waals surface area contributed by atoms with Crippen LogP contribution >= 0.6 is 0 Å². The maximum atomic E-state index is 11.0. The average molecular weight is 202 g/mol. The van der Waals surface area contributed by atoms with Gasteiger partial charge in [0.1, 0.15) is 13.2 Å². The minimum absolute atomic E-state index is 0.157. The van der Waals surface area contributed by atoms with E-state index < -0.39 is 0 Å². The van der Waals surface area contributed by atoms with Crippen molar-refractivity contribution in [3.8, 4) is 0 Å². The maximum absolute atomic E-state index is 11.0. The van der Waals surface area contributed by atoms with Crippen molar-refractivity contribution in [2.75, 3.05) is 13.2 Å². The highest BCUT2D eigenvalue weighted by molar-refractivity contribution is 5.69. The summed E-state index contributed by atoms with van der Waals surface area (Å²) in [5.74, 6) is -0.492. The van der Waals surface area contributed by atoms with Crippen molar-refractivity contribution in [3.63, 3.8) is 0 Å². The lowest BCUT2D eigenvalue weighted by Crippen LogP contribution is -2.13. The van der Waals surface area contributed by atoms with Gasteiger partial charge in [-0.3, -0.25) is 9.59 Å². The van der Waals surface area contributed by atoms with Gasteiger partial charge in [0.25, 0.3) is 0 Å². The molecule has 0 saturated heterocycles. The van der Waals surface area contributed by atoms with E-state index in [4.69, 9.17) is 9.47 Å². The van der Waals surface area contributed by atoms with Crippen LogP contribution in [-0.2, 0) is 19.1 Å². The standard InChI is InChI=1S/C10H18O4/c1-3-5-6-10(12)14-8-7-13-9(11)4-2/h3-8H2,1-2H3. The van der Waals surface area contributed by atoms with Gasteiger partial charge in [0.05, 0.1) is 0 Å². The molecule has 0 N–H and O–H groups in total. The molecule has 0 aromatic rings. The molecular formula is C10H18O4. The van der Waals surface area contributed by atoms with E-state index in [0.29, 0.717) is 12.8 Å². The van der Waals surface area contributed by atoms with E-state index >= 15 is 0 Å². The molecule has 0 unspecified atom stereocenters. The zero-order valence-electron chi connectivity index (χ0n) is 8.88.